The molecular weight excluding hydrogens is 540 g/mol. The summed E-state index contributed by atoms with van der Waals surface area (Å²) >= 11 is 0. The fraction of sp³-hybridized carbons (Fsp3) is 0.500. The molecule has 2 aromatic rings. The summed E-state index contributed by atoms with van der Waals surface area (Å²) in [6.45, 7) is 1.25. The summed E-state index contributed by atoms with van der Waals surface area (Å²) in [6.07, 6.45) is 3.86. The first-order valence-electron chi connectivity index (χ1n) is 13.5. The van der Waals surface area contributed by atoms with Gasteiger partial charge in [-0.25, -0.2) is 17.2 Å². The van der Waals surface area contributed by atoms with Crippen molar-refractivity contribution in [1.82, 2.24) is 0 Å². The normalized spacial score (nSPS) is 19.6. The smallest absolute Gasteiger partial charge is 0.257 e. The van der Waals surface area contributed by atoms with E-state index in [4.69, 9.17) is 5.11 Å². The number of benzene rings is 2. The van der Waals surface area contributed by atoms with Gasteiger partial charge < -0.3 is 20.2 Å². The Balaban J connectivity index is 1.41. The van der Waals surface area contributed by atoms with Crippen LogP contribution in [-0.4, -0.2) is 63.9 Å². The third-order valence-electron chi connectivity index (χ3n) is 8.16. The topological polar surface area (TPSA) is 126 Å². The number of aliphatic hydroxyl groups is 1. The molecule has 9 nitrogen and oxygen atoms in total. The van der Waals surface area contributed by atoms with Gasteiger partial charge in [-0.2, -0.15) is 5.26 Å². The minimum absolute atomic E-state index is 0.142. The maximum absolute atomic E-state index is 13.7. The lowest BCUT2D eigenvalue weighted by atomic mass is 9.93. The van der Waals surface area contributed by atoms with Crippen LogP contribution in [0.25, 0.3) is 0 Å². The van der Waals surface area contributed by atoms with Crippen molar-refractivity contribution in [2.75, 3.05) is 58.4 Å². The van der Waals surface area contributed by atoms with Crippen molar-refractivity contribution in [1.29, 1.82) is 5.26 Å². The van der Waals surface area contributed by atoms with Crippen LogP contribution in [0.5, 0.6) is 0 Å². The quantitative estimate of drug-likeness (QED) is 0.433. The van der Waals surface area contributed by atoms with E-state index in [1.54, 1.807) is 29.2 Å². The summed E-state index contributed by atoms with van der Waals surface area (Å²) in [6, 6.07) is 11.6. The lowest BCUT2D eigenvalue weighted by Gasteiger charge is -2.35. The maximum Gasteiger partial charge on any atom is 0.257 e. The second-order valence-electron chi connectivity index (χ2n) is 11.0. The monoisotopic (exact) mass is 573 g/mol. The van der Waals surface area contributed by atoms with Crippen LogP contribution < -0.4 is 19.8 Å². The van der Waals surface area contributed by atoms with Gasteiger partial charge in [0, 0.05) is 50.4 Å². The number of nitrogens with one attached hydrogen (secondary N) is 2. The van der Waals surface area contributed by atoms with Crippen molar-refractivity contribution < 1.29 is 27.1 Å². The molecule has 12 heteroatoms. The van der Waals surface area contributed by atoms with Crippen LogP contribution in [-0.2, 0) is 10.0 Å². The Morgan fingerprint density at radius 1 is 0.950 bits per heavy atom. The second-order valence-corrected chi connectivity index (χ2v) is 12.9. The number of alkyl halides is 2. The van der Waals surface area contributed by atoms with Crippen LogP contribution in [0.15, 0.2) is 36.4 Å². The van der Waals surface area contributed by atoms with Gasteiger partial charge in [0.05, 0.1) is 40.9 Å². The average Bonchev–Trinajstić information content (AvgIpc) is 3.67. The molecule has 3 fully saturated rings. The van der Waals surface area contributed by atoms with Crippen molar-refractivity contribution >= 4 is 38.7 Å². The zero-order valence-electron chi connectivity index (χ0n) is 22.1. The van der Waals surface area contributed by atoms with Gasteiger partial charge >= 0.3 is 0 Å². The molecule has 0 atom stereocenters. The standard InChI is InChI=1S/C28H33F2N5O4S/c29-28(30)7-11-34(12-8-28)23-16-20(19-31)15-22(17-23)32-26(37)24-2-1-21(33-40(38,39)14-13-36)18-25(24)35-9-5-27(3-4-27)6-10-35/h1-2,15-18,33,36H,3-14H2,(H,32,37). The molecule has 214 valence electrons. The zero-order valence-corrected chi connectivity index (χ0v) is 22.9. The number of hydrogen-bond donors (Lipinski definition) is 3. The highest BCUT2D eigenvalue weighted by atomic mass is 32.2. The van der Waals surface area contributed by atoms with E-state index in [0.717, 1.165) is 25.9 Å². The summed E-state index contributed by atoms with van der Waals surface area (Å²) in [7, 11) is -3.75. The van der Waals surface area contributed by atoms with Gasteiger partial charge in [-0.15, -0.1) is 0 Å². The molecule has 1 amide bonds. The number of sulfonamides is 1. The first-order chi connectivity index (χ1) is 19.0. The number of amides is 1. The van der Waals surface area contributed by atoms with Gasteiger partial charge in [0.15, 0.2) is 0 Å². The first kappa shape index (κ1) is 28.1. The van der Waals surface area contributed by atoms with Gasteiger partial charge in [-0.3, -0.25) is 9.52 Å². The van der Waals surface area contributed by atoms with Crippen LogP contribution in [0, 0.1) is 16.7 Å². The summed E-state index contributed by atoms with van der Waals surface area (Å²) in [4.78, 5) is 17.5. The Hall–Kier alpha value is -3.43. The predicted molar refractivity (Wildman–Crippen MR) is 150 cm³/mol. The van der Waals surface area contributed by atoms with Gasteiger partial charge in [0.1, 0.15) is 0 Å². The molecule has 0 radical (unpaired) electrons. The molecule has 1 saturated carbocycles. The van der Waals surface area contributed by atoms with E-state index in [1.807, 2.05) is 0 Å². The van der Waals surface area contributed by atoms with E-state index in [1.165, 1.54) is 25.0 Å². The number of aliphatic hydroxyl groups excluding tert-OH is 1. The Bertz CT molecular complexity index is 1420. The van der Waals surface area contributed by atoms with E-state index < -0.39 is 34.2 Å². The maximum atomic E-state index is 13.7. The Morgan fingerprint density at radius 3 is 2.25 bits per heavy atom. The summed E-state index contributed by atoms with van der Waals surface area (Å²) < 4.78 is 54.4. The van der Waals surface area contributed by atoms with Crippen LogP contribution >= 0.6 is 0 Å². The van der Waals surface area contributed by atoms with Crippen molar-refractivity contribution in [3.63, 3.8) is 0 Å². The number of rotatable bonds is 8. The summed E-state index contributed by atoms with van der Waals surface area (Å²) in [5.41, 5.74) is 2.87. The molecule has 5 rings (SSSR count). The molecule has 3 aliphatic rings. The van der Waals surface area contributed by atoms with E-state index >= 15 is 0 Å². The fourth-order valence-electron chi connectivity index (χ4n) is 5.52. The highest BCUT2D eigenvalue weighted by molar-refractivity contribution is 7.92. The molecule has 2 heterocycles. The van der Waals surface area contributed by atoms with Gasteiger partial charge in [-0.05, 0) is 67.5 Å². The second kappa shape index (κ2) is 10.9. The van der Waals surface area contributed by atoms with E-state index in [9.17, 15) is 27.3 Å². The average molecular weight is 574 g/mol. The lowest BCUT2D eigenvalue weighted by molar-refractivity contribution is -0.0220. The minimum Gasteiger partial charge on any atom is -0.395 e. The van der Waals surface area contributed by atoms with Crippen LogP contribution in [0.2, 0.25) is 0 Å². The molecule has 1 aliphatic carbocycles. The molecule has 1 spiro atoms. The SMILES string of the molecule is N#Cc1cc(NC(=O)c2ccc(NS(=O)(=O)CCO)cc2N2CCC3(CC2)CC3)cc(N2CCC(F)(F)CC2)c1. The number of carbonyl (C=O) groups is 1. The van der Waals surface area contributed by atoms with Gasteiger partial charge in [0.2, 0.25) is 10.0 Å². The van der Waals surface area contributed by atoms with Crippen molar-refractivity contribution in [2.24, 2.45) is 5.41 Å². The largest absolute Gasteiger partial charge is 0.395 e. The summed E-state index contributed by atoms with van der Waals surface area (Å²) in [5, 5.41) is 21.5. The molecule has 2 saturated heterocycles. The number of anilines is 4. The molecule has 3 N–H and O–H groups in total. The number of nitriles is 1. The molecule has 0 bridgehead atoms. The molecule has 40 heavy (non-hydrogen) atoms. The predicted octanol–water partition coefficient (Wildman–Crippen LogP) is 4.16. The lowest BCUT2D eigenvalue weighted by Crippen LogP contribution is -2.39. The van der Waals surface area contributed by atoms with Crippen LogP contribution in [0.3, 0.4) is 0 Å². The Labute approximate surface area is 232 Å². The van der Waals surface area contributed by atoms with Gasteiger partial charge in [0.25, 0.3) is 11.8 Å². The molecule has 0 unspecified atom stereocenters. The molecule has 2 aliphatic heterocycles. The number of nitrogens with zero attached hydrogens (tertiary/aromatic N) is 3. The van der Waals surface area contributed by atoms with E-state index in [2.05, 4.69) is 21.0 Å². The number of piperidine rings is 2. The van der Waals surface area contributed by atoms with E-state index in [0.29, 0.717) is 39.3 Å². The van der Waals surface area contributed by atoms with Crippen molar-refractivity contribution in [3.05, 3.63) is 47.5 Å². The third kappa shape index (κ3) is 6.47. The third-order valence-corrected chi connectivity index (χ3v) is 9.43. The first-order valence-corrected chi connectivity index (χ1v) is 15.2. The fourth-order valence-corrected chi connectivity index (χ4v) is 6.35. The highest BCUT2D eigenvalue weighted by Crippen LogP contribution is 2.54. The Kier molecular flexibility index (Phi) is 7.63. The zero-order chi connectivity index (χ0) is 28.5. The number of carbonyl (C=O) groups excluding carboxylic acids is 1. The number of hydrogen-bond acceptors (Lipinski definition) is 7. The number of halogens is 2. The van der Waals surface area contributed by atoms with Gasteiger partial charge in [-0.1, -0.05) is 0 Å². The molecular formula is C28H33F2N5O4S. The highest BCUT2D eigenvalue weighted by Gasteiger charge is 2.44. The van der Waals surface area contributed by atoms with Crippen molar-refractivity contribution in [3.8, 4) is 6.07 Å². The van der Waals surface area contributed by atoms with Crippen LogP contribution in [0.1, 0.15) is 54.4 Å². The van der Waals surface area contributed by atoms with Crippen molar-refractivity contribution in [2.45, 2.75) is 44.4 Å². The van der Waals surface area contributed by atoms with E-state index in [-0.39, 0.29) is 25.9 Å². The van der Waals surface area contributed by atoms with Crippen LogP contribution in [0.4, 0.5) is 31.5 Å². The molecule has 0 aromatic heterocycles. The minimum atomic E-state index is -3.75. The Morgan fingerprint density at radius 2 is 1.62 bits per heavy atom. The summed E-state index contributed by atoms with van der Waals surface area (Å²) in [5.74, 6) is -3.58. The molecule has 2 aromatic carbocycles.